The molecule has 0 heterocycles. The molecule has 0 amide bonds. The van der Waals surface area contributed by atoms with E-state index in [4.69, 9.17) is 0 Å². The van der Waals surface area contributed by atoms with Gasteiger partial charge in [-0.2, -0.15) is 0 Å². The van der Waals surface area contributed by atoms with Crippen LogP contribution in [-0.2, 0) is 0 Å². The highest BCUT2D eigenvalue weighted by atomic mass is 14.5. The highest BCUT2D eigenvalue weighted by Gasteiger charge is 2.46. The summed E-state index contributed by atoms with van der Waals surface area (Å²) in [5.41, 5.74) is 0. The summed E-state index contributed by atoms with van der Waals surface area (Å²) in [6.07, 6.45) is 20.4. The van der Waals surface area contributed by atoms with Crippen LogP contribution in [0.5, 0.6) is 0 Å². The normalized spacial score (nSPS) is 27.9. The van der Waals surface area contributed by atoms with Crippen LogP contribution in [0, 0.1) is 29.6 Å². The number of hydrogen-bond acceptors (Lipinski definition) is 0. The summed E-state index contributed by atoms with van der Waals surface area (Å²) >= 11 is 0. The Morgan fingerprint density at radius 2 is 1.12 bits per heavy atom. The zero-order valence-electron chi connectivity index (χ0n) is 17.8. The molecular weight excluding hydrogens is 288 g/mol. The van der Waals surface area contributed by atoms with Gasteiger partial charge in [-0.25, -0.2) is 0 Å². The Bertz CT molecular complexity index is 272. The second-order valence-electron chi connectivity index (χ2n) is 8.91. The number of unbranched alkanes of at least 4 members (excludes halogenated alkanes) is 8. The van der Waals surface area contributed by atoms with Crippen molar-refractivity contribution >= 4 is 0 Å². The van der Waals surface area contributed by atoms with Gasteiger partial charge >= 0.3 is 0 Å². The van der Waals surface area contributed by atoms with Gasteiger partial charge in [-0.3, -0.25) is 0 Å². The van der Waals surface area contributed by atoms with E-state index in [2.05, 4.69) is 34.6 Å². The van der Waals surface area contributed by atoms with Gasteiger partial charge in [-0.15, -0.1) is 0 Å². The monoisotopic (exact) mass is 336 g/mol. The molecule has 0 radical (unpaired) electrons. The van der Waals surface area contributed by atoms with Crippen LogP contribution in [0.4, 0.5) is 0 Å². The van der Waals surface area contributed by atoms with E-state index in [0.29, 0.717) is 0 Å². The highest BCUT2D eigenvalue weighted by Crippen LogP contribution is 2.53. The molecule has 0 nitrogen and oxygen atoms in total. The molecule has 3 atom stereocenters. The van der Waals surface area contributed by atoms with E-state index in [1.54, 1.807) is 0 Å². The van der Waals surface area contributed by atoms with Crippen molar-refractivity contribution in [3.8, 4) is 0 Å². The van der Waals surface area contributed by atoms with Crippen LogP contribution in [0.3, 0.4) is 0 Å². The molecule has 0 heteroatoms. The molecular formula is C24H48. The molecule has 0 spiro atoms. The summed E-state index contributed by atoms with van der Waals surface area (Å²) in [5, 5.41) is 0. The molecule has 1 aliphatic rings. The SMILES string of the molecule is CCCCCCCCCC1C(C)C(C(CCC)CCCCC)C1C. The quantitative estimate of drug-likeness (QED) is 0.262. The topological polar surface area (TPSA) is 0 Å². The first kappa shape index (κ1) is 22.0. The van der Waals surface area contributed by atoms with Crippen LogP contribution in [0.15, 0.2) is 0 Å². The third-order valence-electron chi connectivity index (χ3n) is 7.09. The number of hydrogen-bond donors (Lipinski definition) is 0. The largest absolute Gasteiger partial charge is 0.0654 e. The standard InChI is InChI=1S/C24H48/c1-6-9-11-12-13-14-16-19-23-20(4)24(21(23)5)22(17-8-3)18-15-10-7-2/h20-24H,6-19H2,1-5H3. The van der Waals surface area contributed by atoms with Gasteiger partial charge in [0.2, 0.25) is 0 Å². The summed E-state index contributed by atoms with van der Waals surface area (Å²) in [6.45, 7) is 12.2. The van der Waals surface area contributed by atoms with Gasteiger partial charge in [0.15, 0.2) is 0 Å². The van der Waals surface area contributed by atoms with E-state index in [9.17, 15) is 0 Å². The maximum absolute atomic E-state index is 2.58. The van der Waals surface area contributed by atoms with Gasteiger partial charge in [0.1, 0.15) is 0 Å². The van der Waals surface area contributed by atoms with Crippen LogP contribution in [0.2, 0.25) is 0 Å². The molecule has 1 rings (SSSR count). The molecule has 0 aliphatic heterocycles. The lowest BCUT2D eigenvalue weighted by Crippen LogP contribution is -2.47. The van der Waals surface area contributed by atoms with Crippen LogP contribution in [0.1, 0.15) is 125 Å². The highest BCUT2D eigenvalue weighted by molar-refractivity contribution is 4.95. The first-order chi connectivity index (χ1) is 11.7. The van der Waals surface area contributed by atoms with Crippen molar-refractivity contribution in [1.82, 2.24) is 0 Å². The second kappa shape index (κ2) is 13.2. The Morgan fingerprint density at radius 3 is 1.71 bits per heavy atom. The van der Waals surface area contributed by atoms with Gasteiger partial charge in [0.05, 0.1) is 0 Å². The summed E-state index contributed by atoms with van der Waals surface area (Å²) in [7, 11) is 0. The van der Waals surface area contributed by atoms with Crippen LogP contribution in [0.25, 0.3) is 0 Å². The summed E-state index contributed by atoms with van der Waals surface area (Å²) < 4.78 is 0. The van der Waals surface area contributed by atoms with Crippen LogP contribution in [-0.4, -0.2) is 0 Å². The third kappa shape index (κ3) is 7.09. The van der Waals surface area contributed by atoms with Gasteiger partial charge in [0.25, 0.3) is 0 Å². The second-order valence-corrected chi connectivity index (χ2v) is 8.91. The van der Waals surface area contributed by atoms with Crippen molar-refractivity contribution in [3.63, 3.8) is 0 Å². The Balaban J connectivity index is 2.25. The van der Waals surface area contributed by atoms with E-state index in [1.165, 1.54) is 89.9 Å². The molecule has 0 aromatic rings. The number of rotatable bonds is 15. The maximum Gasteiger partial charge on any atom is -0.0329 e. The summed E-state index contributed by atoms with van der Waals surface area (Å²) in [6, 6.07) is 0. The molecule has 0 bridgehead atoms. The molecule has 3 unspecified atom stereocenters. The smallest absolute Gasteiger partial charge is 0.0329 e. The molecule has 1 aliphatic carbocycles. The first-order valence-electron chi connectivity index (χ1n) is 11.7. The van der Waals surface area contributed by atoms with E-state index in [-0.39, 0.29) is 0 Å². The average Bonchev–Trinajstić information content (AvgIpc) is 2.57. The Morgan fingerprint density at radius 1 is 0.583 bits per heavy atom. The van der Waals surface area contributed by atoms with E-state index >= 15 is 0 Å². The summed E-state index contributed by atoms with van der Waals surface area (Å²) in [4.78, 5) is 0. The van der Waals surface area contributed by atoms with Crippen LogP contribution < -0.4 is 0 Å². The zero-order chi connectivity index (χ0) is 17.8. The predicted octanol–water partition coefficient (Wildman–Crippen LogP) is 8.64. The van der Waals surface area contributed by atoms with E-state index < -0.39 is 0 Å². The predicted molar refractivity (Wildman–Crippen MR) is 110 cm³/mol. The molecule has 1 saturated carbocycles. The Kier molecular flexibility index (Phi) is 12.2. The molecule has 0 N–H and O–H groups in total. The van der Waals surface area contributed by atoms with E-state index in [0.717, 1.165) is 29.6 Å². The molecule has 144 valence electrons. The fourth-order valence-electron chi connectivity index (χ4n) is 5.66. The lowest BCUT2D eigenvalue weighted by Gasteiger charge is -2.53. The van der Waals surface area contributed by atoms with Gasteiger partial charge in [0, 0.05) is 0 Å². The Hall–Kier alpha value is 0. The molecule has 1 fully saturated rings. The molecule has 0 aromatic carbocycles. The molecule has 0 saturated heterocycles. The minimum atomic E-state index is 0.998. The van der Waals surface area contributed by atoms with Crippen molar-refractivity contribution < 1.29 is 0 Å². The average molecular weight is 337 g/mol. The Labute approximate surface area is 154 Å². The van der Waals surface area contributed by atoms with Crippen molar-refractivity contribution in [2.75, 3.05) is 0 Å². The van der Waals surface area contributed by atoms with Crippen molar-refractivity contribution in [2.24, 2.45) is 29.6 Å². The minimum absolute atomic E-state index is 0.998. The van der Waals surface area contributed by atoms with Crippen molar-refractivity contribution in [2.45, 2.75) is 125 Å². The van der Waals surface area contributed by atoms with Crippen LogP contribution >= 0.6 is 0 Å². The fraction of sp³-hybridized carbons (Fsp3) is 1.00. The fourth-order valence-corrected chi connectivity index (χ4v) is 5.66. The zero-order valence-corrected chi connectivity index (χ0v) is 17.8. The lowest BCUT2D eigenvalue weighted by atomic mass is 9.52. The van der Waals surface area contributed by atoms with Gasteiger partial charge in [-0.05, 0) is 36.0 Å². The summed E-state index contributed by atoms with van der Waals surface area (Å²) in [5.74, 6) is 5.10. The first-order valence-corrected chi connectivity index (χ1v) is 11.7. The lowest BCUT2D eigenvalue weighted by molar-refractivity contribution is -0.0500. The van der Waals surface area contributed by atoms with Gasteiger partial charge in [-0.1, -0.05) is 118 Å². The minimum Gasteiger partial charge on any atom is -0.0654 e. The van der Waals surface area contributed by atoms with Crippen molar-refractivity contribution in [3.05, 3.63) is 0 Å². The van der Waals surface area contributed by atoms with E-state index in [1.807, 2.05) is 0 Å². The molecule has 24 heavy (non-hydrogen) atoms. The van der Waals surface area contributed by atoms with Gasteiger partial charge < -0.3 is 0 Å². The third-order valence-corrected chi connectivity index (χ3v) is 7.09. The molecule has 0 aromatic heterocycles. The van der Waals surface area contributed by atoms with Crippen molar-refractivity contribution in [1.29, 1.82) is 0 Å². The maximum atomic E-state index is 2.58.